The molecule has 0 saturated carbocycles. The van der Waals surface area contributed by atoms with Gasteiger partial charge >= 0.3 is 0 Å². The number of pyridine rings is 1. The fraction of sp³-hybridized carbons (Fsp3) is 0.214. The molecule has 1 heterocycles. The van der Waals surface area contributed by atoms with Crippen LogP contribution in [0.15, 0.2) is 72.8 Å². The fourth-order valence-corrected chi connectivity index (χ4v) is 3.49. The van der Waals surface area contributed by atoms with Crippen molar-refractivity contribution in [3.63, 3.8) is 0 Å². The minimum atomic E-state index is -0.116. The Bertz CT molecular complexity index is 1300. The molecule has 0 atom stereocenters. The molecule has 0 radical (unpaired) electrons. The molecule has 1 N–H and O–H groups in total. The Labute approximate surface area is 199 Å². The lowest BCUT2D eigenvalue weighted by Crippen LogP contribution is -2.17. The molecule has 34 heavy (non-hydrogen) atoms. The van der Waals surface area contributed by atoms with Crippen LogP contribution >= 0.6 is 0 Å². The molecule has 4 rings (SSSR count). The summed E-state index contributed by atoms with van der Waals surface area (Å²) in [5.41, 5.74) is 4.19. The first-order valence-corrected chi connectivity index (χ1v) is 11.1. The molecule has 0 fully saturated rings. The molecular formula is C28H28N2O4. The van der Waals surface area contributed by atoms with E-state index in [1.54, 1.807) is 14.2 Å². The van der Waals surface area contributed by atoms with Gasteiger partial charge in [0.1, 0.15) is 23.9 Å². The van der Waals surface area contributed by atoms with Crippen molar-refractivity contribution in [1.82, 2.24) is 4.98 Å². The number of nitrogens with one attached hydrogen (secondary N) is 1. The van der Waals surface area contributed by atoms with Crippen molar-refractivity contribution < 1.29 is 19.0 Å². The second-order valence-corrected chi connectivity index (χ2v) is 8.25. The minimum Gasteiger partial charge on any atom is -0.497 e. The Morgan fingerprint density at radius 2 is 1.68 bits per heavy atom. The number of carbonyl (C=O) groups excluding carboxylic acids is 1. The normalized spacial score (nSPS) is 10.9. The Balaban J connectivity index is 1.73. The third-order valence-corrected chi connectivity index (χ3v) is 5.48. The molecule has 6 nitrogen and oxygen atoms in total. The van der Waals surface area contributed by atoms with E-state index < -0.39 is 0 Å². The summed E-state index contributed by atoms with van der Waals surface area (Å²) in [6.07, 6.45) is 0. The van der Waals surface area contributed by atoms with Crippen LogP contribution in [0, 0.1) is 5.92 Å². The lowest BCUT2D eigenvalue weighted by Gasteiger charge is -2.14. The van der Waals surface area contributed by atoms with Crippen molar-refractivity contribution in [3.8, 4) is 28.5 Å². The van der Waals surface area contributed by atoms with Gasteiger partial charge in [0, 0.05) is 28.6 Å². The maximum atomic E-state index is 12.2. The van der Waals surface area contributed by atoms with Crippen LogP contribution in [0.3, 0.4) is 0 Å². The van der Waals surface area contributed by atoms with Crippen LogP contribution in [0.5, 0.6) is 17.2 Å². The standard InChI is InChI=1S/C28H28N2O4/c1-18(2)28(31)29-21-10-13-25-24(15-21)27(34-17-19-8-11-22(32-3)12-9-19)16-26(30-25)20-6-5-7-23(14-20)33-4/h5-16,18H,17H2,1-4H3,(H,29,31). The highest BCUT2D eigenvalue weighted by Gasteiger charge is 2.13. The Morgan fingerprint density at radius 1 is 0.912 bits per heavy atom. The summed E-state index contributed by atoms with van der Waals surface area (Å²) in [5.74, 6) is 2.08. The van der Waals surface area contributed by atoms with Crippen LogP contribution in [0.1, 0.15) is 19.4 Å². The summed E-state index contributed by atoms with van der Waals surface area (Å²) in [5, 5.41) is 3.78. The largest absolute Gasteiger partial charge is 0.497 e. The quantitative estimate of drug-likeness (QED) is 0.347. The molecule has 0 aliphatic rings. The van der Waals surface area contributed by atoms with Crippen molar-refractivity contribution in [2.24, 2.45) is 5.92 Å². The average Bonchev–Trinajstić information content (AvgIpc) is 2.87. The SMILES string of the molecule is COc1ccc(COc2cc(-c3cccc(OC)c3)nc3ccc(NC(=O)C(C)C)cc23)cc1. The van der Waals surface area contributed by atoms with Crippen LogP contribution in [0.25, 0.3) is 22.2 Å². The maximum Gasteiger partial charge on any atom is 0.226 e. The van der Waals surface area contributed by atoms with Gasteiger partial charge in [0.15, 0.2) is 0 Å². The van der Waals surface area contributed by atoms with Crippen LogP contribution in [-0.4, -0.2) is 25.1 Å². The third kappa shape index (κ3) is 5.29. The molecular weight excluding hydrogens is 428 g/mol. The Morgan fingerprint density at radius 3 is 2.38 bits per heavy atom. The van der Waals surface area contributed by atoms with Gasteiger partial charge in [-0.2, -0.15) is 0 Å². The van der Waals surface area contributed by atoms with Gasteiger partial charge in [-0.1, -0.05) is 38.1 Å². The third-order valence-electron chi connectivity index (χ3n) is 5.48. The smallest absolute Gasteiger partial charge is 0.226 e. The number of hydrogen-bond acceptors (Lipinski definition) is 5. The number of hydrogen-bond donors (Lipinski definition) is 1. The van der Waals surface area contributed by atoms with Crippen LogP contribution < -0.4 is 19.5 Å². The van der Waals surface area contributed by atoms with E-state index in [-0.39, 0.29) is 11.8 Å². The van der Waals surface area contributed by atoms with Gasteiger partial charge in [-0.15, -0.1) is 0 Å². The van der Waals surface area contributed by atoms with Gasteiger partial charge in [0.2, 0.25) is 5.91 Å². The Hall–Kier alpha value is -4.06. The number of nitrogens with zero attached hydrogens (tertiary/aromatic N) is 1. The summed E-state index contributed by atoms with van der Waals surface area (Å²) in [6.45, 7) is 4.10. The zero-order valence-corrected chi connectivity index (χ0v) is 19.8. The second kappa shape index (κ2) is 10.3. The number of anilines is 1. The lowest BCUT2D eigenvalue weighted by molar-refractivity contribution is -0.118. The topological polar surface area (TPSA) is 69.7 Å². The predicted octanol–water partition coefficient (Wildman–Crippen LogP) is 6.09. The van der Waals surface area contributed by atoms with Crippen molar-refractivity contribution in [2.45, 2.75) is 20.5 Å². The molecule has 0 spiro atoms. The predicted molar refractivity (Wildman–Crippen MR) is 135 cm³/mol. The molecule has 4 aromatic rings. The van der Waals surface area contributed by atoms with Crippen molar-refractivity contribution in [1.29, 1.82) is 0 Å². The summed E-state index contributed by atoms with van der Waals surface area (Å²) in [4.78, 5) is 17.1. The molecule has 1 amide bonds. The first-order chi connectivity index (χ1) is 16.5. The van der Waals surface area contributed by atoms with E-state index in [1.165, 1.54) is 0 Å². The van der Waals surface area contributed by atoms with Crippen LogP contribution in [0.2, 0.25) is 0 Å². The average molecular weight is 457 g/mol. The van der Waals surface area contributed by atoms with E-state index in [2.05, 4.69) is 5.32 Å². The summed E-state index contributed by atoms with van der Waals surface area (Å²) in [6, 6.07) is 23.1. The number of rotatable bonds is 8. The molecule has 0 bridgehead atoms. The monoisotopic (exact) mass is 456 g/mol. The number of aromatic nitrogens is 1. The lowest BCUT2D eigenvalue weighted by atomic mass is 10.1. The van der Waals surface area contributed by atoms with Gasteiger partial charge in [-0.05, 0) is 48.0 Å². The van der Waals surface area contributed by atoms with Gasteiger partial charge in [-0.25, -0.2) is 4.98 Å². The second-order valence-electron chi connectivity index (χ2n) is 8.25. The highest BCUT2D eigenvalue weighted by molar-refractivity contribution is 5.96. The highest BCUT2D eigenvalue weighted by atomic mass is 16.5. The zero-order valence-electron chi connectivity index (χ0n) is 19.8. The number of methoxy groups -OCH3 is 2. The van der Waals surface area contributed by atoms with Gasteiger partial charge in [-0.3, -0.25) is 4.79 Å². The van der Waals surface area contributed by atoms with Crippen LogP contribution in [0.4, 0.5) is 5.69 Å². The minimum absolute atomic E-state index is 0.0407. The van der Waals surface area contributed by atoms with Gasteiger partial charge in [0.05, 0.1) is 25.4 Å². The molecule has 0 aliphatic heterocycles. The van der Waals surface area contributed by atoms with Gasteiger partial charge in [0.25, 0.3) is 0 Å². The summed E-state index contributed by atoms with van der Waals surface area (Å²) < 4.78 is 16.9. The first kappa shape index (κ1) is 23.1. The number of amides is 1. The number of benzene rings is 3. The molecule has 6 heteroatoms. The van der Waals surface area contributed by atoms with Crippen molar-refractivity contribution >= 4 is 22.5 Å². The first-order valence-electron chi connectivity index (χ1n) is 11.1. The fourth-order valence-electron chi connectivity index (χ4n) is 3.49. The molecule has 0 aliphatic carbocycles. The van der Waals surface area contributed by atoms with Gasteiger partial charge < -0.3 is 19.5 Å². The summed E-state index contributed by atoms with van der Waals surface area (Å²) in [7, 11) is 3.29. The van der Waals surface area contributed by atoms with E-state index in [1.807, 2.05) is 86.6 Å². The van der Waals surface area contributed by atoms with E-state index >= 15 is 0 Å². The van der Waals surface area contributed by atoms with Crippen molar-refractivity contribution in [3.05, 3.63) is 78.4 Å². The van der Waals surface area contributed by atoms with Crippen LogP contribution in [-0.2, 0) is 11.4 Å². The number of fused-ring (bicyclic) bond motifs is 1. The van der Waals surface area contributed by atoms with E-state index in [4.69, 9.17) is 19.2 Å². The molecule has 0 saturated heterocycles. The number of ether oxygens (including phenoxy) is 3. The maximum absolute atomic E-state index is 12.2. The van der Waals surface area contributed by atoms with E-state index in [0.717, 1.165) is 39.2 Å². The van der Waals surface area contributed by atoms with E-state index in [9.17, 15) is 4.79 Å². The number of carbonyl (C=O) groups is 1. The molecule has 3 aromatic carbocycles. The zero-order chi connectivity index (χ0) is 24.1. The van der Waals surface area contributed by atoms with E-state index in [0.29, 0.717) is 18.0 Å². The summed E-state index contributed by atoms with van der Waals surface area (Å²) >= 11 is 0. The molecule has 0 unspecified atom stereocenters. The van der Waals surface area contributed by atoms with Crippen molar-refractivity contribution in [2.75, 3.05) is 19.5 Å². The Kier molecular flexibility index (Phi) is 6.97. The molecule has 1 aromatic heterocycles. The highest BCUT2D eigenvalue weighted by Crippen LogP contribution is 2.33. The molecule has 174 valence electrons.